The van der Waals surface area contributed by atoms with Crippen LogP contribution in [0.3, 0.4) is 0 Å². The van der Waals surface area contributed by atoms with E-state index >= 15 is 0 Å². The Hall–Kier alpha value is -3.81. The third-order valence-electron chi connectivity index (χ3n) is 26.4. The molecule has 0 N–H and O–H groups in total. The first kappa shape index (κ1) is 39.6. The van der Waals surface area contributed by atoms with E-state index < -0.39 is 0 Å². The Kier molecular flexibility index (Phi) is 6.87. The molecular formula is C68H59Cl3. The maximum Gasteiger partial charge on any atom is 0.0487 e. The Bertz CT molecular complexity index is 3440. The second kappa shape index (κ2) is 12.3. The van der Waals surface area contributed by atoms with Gasteiger partial charge in [-0.15, -0.1) is 0 Å². The number of rotatable bonds is 2. The smallest absolute Gasteiger partial charge is 0.0487 e. The molecule has 6 aromatic rings. The van der Waals surface area contributed by atoms with Crippen molar-refractivity contribution in [3.63, 3.8) is 0 Å². The fourth-order valence-electron chi connectivity index (χ4n) is 26.1. The van der Waals surface area contributed by atoms with Crippen molar-refractivity contribution in [2.45, 2.75) is 112 Å². The van der Waals surface area contributed by atoms with Crippen molar-refractivity contribution < 1.29 is 0 Å². The molecule has 0 radical (unpaired) electrons. The van der Waals surface area contributed by atoms with E-state index in [4.69, 9.17) is 34.8 Å². The minimum absolute atomic E-state index is 0.0798. The van der Waals surface area contributed by atoms with E-state index in [1.165, 1.54) is 106 Å². The van der Waals surface area contributed by atoms with Crippen molar-refractivity contribution >= 4 is 34.8 Å². The van der Waals surface area contributed by atoms with Crippen LogP contribution in [0.4, 0.5) is 0 Å². The van der Waals surface area contributed by atoms with Crippen LogP contribution in [-0.4, -0.2) is 0 Å². The standard InChI is InChI=1S/C68H59Cl3/c69-41-27-46(58-35-21-39-23-36(58)24-40(22-35)66(39)47-12-3-2-9-43(47)62-50(66)15-7-16-52(62)70)60-42-8-1-4-13-48(42)67(51(60)28-41)56-25-37-31-65(56)32-38(26-57(65)67)59(37)44-10-5-14-49-61(44)45-11-6-17-53(71)63(45)68(49)54-19-33-18-34-20-55(68)64(54,29-33)30-34/h1-17,27-28,33-40,54-59H,18-26,29-32H2. The molecule has 8 unspecified atom stereocenters. The van der Waals surface area contributed by atoms with Crippen LogP contribution < -0.4 is 0 Å². The van der Waals surface area contributed by atoms with Gasteiger partial charge >= 0.3 is 0 Å². The summed E-state index contributed by atoms with van der Waals surface area (Å²) in [6.07, 6.45) is 18.1. The maximum absolute atomic E-state index is 7.65. The van der Waals surface area contributed by atoms with E-state index in [9.17, 15) is 0 Å². The van der Waals surface area contributed by atoms with Gasteiger partial charge in [0.05, 0.1) is 0 Å². The Balaban J connectivity index is 0.693. The average Bonchev–Trinajstić information content (AvgIpc) is 4.32. The Morgan fingerprint density at radius 1 is 0.366 bits per heavy atom. The third kappa shape index (κ3) is 3.91. The fraction of sp³-hybridized carbons (Fsp3) is 0.471. The molecule has 0 saturated heterocycles. The number of hydrogen-bond donors (Lipinski definition) is 0. The highest BCUT2D eigenvalue weighted by Gasteiger charge is 2.83. The molecule has 0 nitrogen and oxygen atoms in total. The molecule has 0 aromatic heterocycles. The van der Waals surface area contributed by atoms with E-state index in [-0.39, 0.29) is 16.2 Å². The molecule has 71 heavy (non-hydrogen) atoms. The normalized spacial score (nSPS) is 45.8. The van der Waals surface area contributed by atoms with Crippen LogP contribution in [0.15, 0.2) is 115 Å². The molecule has 12 fully saturated rings. The van der Waals surface area contributed by atoms with E-state index in [1.807, 2.05) is 0 Å². The van der Waals surface area contributed by atoms with Crippen LogP contribution in [0.25, 0.3) is 33.4 Å². The minimum Gasteiger partial charge on any atom is -0.0843 e. The van der Waals surface area contributed by atoms with Gasteiger partial charge in [-0.1, -0.05) is 126 Å². The molecule has 0 amide bonds. The number of benzene rings is 6. The highest BCUT2D eigenvalue weighted by molar-refractivity contribution is 6.34. The molecule has 0 aliphatic heterocycles. The predicted octanol–water partition coefficient (Wildman–Crippen LogP) is 17.6. The van der Waals surface area contributed by atoms with Crippen molar-refractivity contribution in [1.29, 1.82) is 0 Å². The van der Waals surface area contributed by atoms with E-state index in [1.54, 1.807) is 55.6 Å². The molecule has 6 aromatic carbocycles. The SMILES string of the molecule is Clc1cc(C2C3CC4CC2CC(C3)C42c3ccccc3-c3c(Cl)cccc32)c2c(c1)C1(c3ccccc3-2)C2CC3CC24CC(CC41)C3c1cccc2c1-c1cccc(Cl)c1C21C2CC3CC4CC1C2(C3)C4. The lowest BCUT2D eigenvalue weighted by Gasteiger charge is -2.65. The van der Waals surface area contributed by atoms with Gasteiger partial charge in [-0.2, -0.15) is 0 Å². The fourth-order valence-corrected chi connectivity index (χ4v) is 27.0. The summed E-state index contributed by atoms with van der Waals surface area (Å²) >= 11 is 22.4. The van der Waals surface area contributed by atoms with Gasteiger partial charge in [0, 0.05) is 36.9 Å². The Morgan fingerprint density at radius 3 is 1.59 bits per heavy atom. The van der Waals surface area contributed by atoms with Crippen molar-refractivity contribution in [2.24, 2.45) is 81.8 Å². The highest BCUT2D eigenvalue weighted by Crippen LogP contribution is 2.89. The van der Waals surface area contributed by atoms with E-state index in [0.717, 1.165) is 50.6 Å². The first-order chi connectivity index (χ1) is 34.8. The molecule has 0 heterocycles. The molecule has 21 rings (SSSR count). The molecular weight excluding hydrogens is 923 g/mol. The summed E-state index contributed by atoms with van der Waals surface area (Å²) in [6.45, 7) is 0. The van der Waals surface area contributed by atoms with Crippen LogP contribution >= 0.6 is 34.8 Å². The summed E-state index contributed by atoms with van der Waals surface area (Å²) in [5.74, 6) is 10.1. The summed E-state index contributed by atoms with van der Waals surface area (Å²) in [6, 6.07) is 46.0. The van der Waals surface area contributed by atoms with E-state index in [2.05, 4.69) is 115 Å². The zero-order valence-corrected chi connectivity index (χ0v) is 42.6. The summed E-state index contributed by atoms with van der Waals surface area (Å²) in [5, 5.41) is 2.98. The van der Waals surface area contributed by atoms with E-state index in [0.29, 0.717) is 58.2 Å². The zero-order valence-electron chi connectivity index (χ0n) is 40.4. The lowest BCUT2D eigenvalue weighted by molar-refractivity contribution is -0.0824. The van der Waals surface area contributed by atoms with Crippen molar-refractivity contribution in [3.05, 3.63) is 175 Å². The minimum atomic E-state index is 0.0798. The summed E-state index contributed by atoms with van der Waals surface area (Å²) < 4.78 is 0. The molecule has 15 aliphatic rings. The number of hydrogen-bond acceptors (Lipinski definition) is 0. The second-order valence-electron chi connectivity index (χ2n) is 27.5. The molecule has 3 heteroatoms. The van der Waals surface area contributed by atoms with Gasteiger partial charge in [-0.05, 0) is 274 Å². The summed E-state index contributed by atoms with van der Waals surface area (Å²) in [7, 11) is 0. The van der Waals surface area contributed by atoms with Crippen molar-refractivity contribution in [1.82, 2.24) is 0 Å². The average molecular weight is 983 g/mol. The molecule has 5 spiro atoms. The van der Waals surface area contributed by atoms with Crippen molar-refractivity contribution in [2.75, 3.05) is 0 Å². The van der Waals surface area contributed by atoms with Gasteiger partial charge in [0.25, 0.3) is 0 Å². The Morgan fingerprint density at radius 2 is 0.887 bits per heavy atom. The van der Waals surface area contributed by atoms with Crippen molar-refractivity contribution in [3.8, 4) is 33.4 Å². The lowest BCUT2D eigenvalue weighted by Crippen LogP contribution is -2.62. The highest BCUT2D eigenvalue weighted by atomic mass is 35.5. The molecule has 8 atom stereocenters. The maximum atomic E-state index is 7.65. The summed E-state index contributed by atoms with van der Waals surface area (Å²) in [5.41, 5.74) is 23.5. The first-order valence-corrected chi connectivity index (χ1v) is 29.7. The van der Waals surface area contributed by atoms with Gasteiger partial charge in [0.15, 0.2) is 0 Å². The van der Waals surface area contributed by atoms with Crippen LogP contribution in [0.2, 0.25) is 15.1 Å². The zero-order chi connectivity index (χ0) is 46.0. The molecule has 15 aliphatic carbocycles. The molecule has 10 bridgehead atoms. The summed E-state index contributed by atoms with van der Waals surface area (Å²) in [4.78, 5) is 0. The van der Waals surface area contributed by atoms with Gasteiger partial charge < -0.3 is 0 Å². The Labute approximate surface area is 433 Å². The monoisotopic (exact) mass is 980 g/mol. The van der Waals surface area contributed by atoms with Crippen LogP contribution in [0.1, 0.15) is 140 Å². The number of fused-ring (bicyclic) bond motifs is 21. The quantitative estimate of drug-likeness (QED) is 0.162. The molecule has 352 valence electrons. The van der Waals surface area contributed by atoms with Crippen LogP contribution in [0, 0.1) is 81.8 Å². The second-order valence-corrected chi connectivity index (χ2v) is 28.8. The third-order valence-corrected chi connectivity index (χ3v) is 27.3. The largest absolute Gasteiger partial charge is 0.0843 e. The number of halogens is 3. The first-order valence-electron chi connectivity index (χ1n) is 28.6. The van der Waals surface area contributed by atoms with Gasteiger partial charge in [-0.25, -0.2) is 0 Å². The van der Waals surface area contributed by atoms with Gasteiger partial charge in [0.2, 0.25) is 0 Å². The van der Waals surface area contributed by atoms with Crippen LogP contribution in [-0.2, 0) is 16.2 Å². The molecule has 12 saturated carbocycles. The van der Waals surface area contributed by atoms with Gasteiger partial charge in [-0.3, -0.25) is 0 Å². The topological polar surface area (TPSA) is 0 Å². The predicted molar refractivity (Wildman–Crippen MR) is 285 cm³/mol. The van der Waals surface area contributed by atoms with Gasteiger partial charge in [0.1, 0.15) is 0 Å². The lowest BCUT2D eigenvalue weighted by atomic mass is 9.38. The van der Waals surface area contributed by atoms with Crippen LogP contribution in [0.5, 0.6) is 0 Å².